The lowest BCUT2D eigenvalue weighted by Gasteiger charge is -2.23. The molecule has 0 aromatic rings. The van der Waals surface area contributed by atoms with Gasteiger partial charge in [0.1, 0.15) is 0 Å². The number of halogens is 2. The van der Waals surface area contributed by atoms with Crippen molar-refractivity contribution in [3.8, 4) is 0 Å². The number of nitrogens with zero attached hydrogens (tertiary/aromatic N) is 2. The minimum Gasteiger partial charge on any atom is -0.326 e. The number of hydrogen-bond donors (Lipinski definition) is 2. The van der Waals surface area contributed by atoms with Gasteiger partial charge < -0.3 is 21.3 Å². The Labute approximate surface area is 108 Å². The number of urea groups is 1. The standard InChI is InChI=1S/C9H18N4O.2ClH/c10-7-1-3-12(5-7)9(14)13-4-2-8(11)6-13;;/h7-8H,1-6,10-11H2;2*1H. The quantitative estimate of drug-likeness (QED) is 0.652. The molecule has 0 saturated carbocycles. The Balaban J connectivity index is 0.00000112. The third-order valence-corrected chi connectivity index (χ3v) is 2.99. The lowest BCUT2D eigenvalue weighted by atomic mass is 10.3. The van der Waals surface area contributed by atoms with Gasteiger partial charge in [-0.15, -0.1) is 24.8 Å². The Kier molecular flexibility index (Phi) is 6.40. The van der Waals surface area contributed by atoms with Gasteiger partial charge in [-0.3, -0.25) is 0 Å². The van der Waals surface area contributed by atoms with Crippen molar-refractivity contribution in [1.29, 1.82) is 0 Å². The molecule has 0 aromatic carbocycles. The number of carbonyl (C=O) groups is 1. The first-order chi connectivity index (χ1) is 6.66. The third kappa shape index (κ3) is 3.38. The molecular formula is C9H20Cl2N4O. The molecule has 2 rings (SSSR count). The maximum atomic E-state index is 11.9. The highest BCUT2D eigenvalue weighted by molar-refractivity contribution is 5.85. The van der Waals surface area contributed by atoms with E-state index in [1.807, 2.05) is 9.80 Å². The summed E-state index contributed by atoms with van der Waals surface area (Å²) in [5, 5.41) is 0. The van der Waals surface area contributed by atoms with Gasteiger partial charge in [0, 0.05) is 38.3 Å². The van der Waals surface area contributed by atoms with E-state index in [4.69, 9.17) is 11.5 Å². The molecule has 0 bridgehead atoms. The number of nitrogens with two attached hydrogens (primary N) is 2. The molecule has 96 valence electrons. The molecule has 0 aromatic heterocycles. The van der Waals surface area contributed by atoms with Gasteiger partial charge in [-0.25, -0.2) is 4.79 Å². The first kappa shape index (κ1) is 15.8. The molecule has 16 heavy (non-hydrogen) atoms. The topological polar surface area (TPSA) is 75.6 Å². The molecule has 7 heteroatoms. The van der Waals surface area contributed by atoms with Gasteiger partial charge in [0.25, 0.3) is 0 Å². The lowest BCUT2D eigenvalue weighted by molar-refractivity contribution is 0.172. The number of likely N-dealkylation sites (tertiary alicyclic amines) is 2. The molecule has 2 amide bonds. The molecule has 0 spiro atoms. The van der Waals surface area contributed by atoms with Crippen LogP contribution in [0.4, 0.5) is 4.79 Å². The predicted octanol–water partition coefficient (Wildman–Crippen LogP) is 0.0160. The number of carbonyl (C=O) groups excluding carboxylic acids is 1. The van der Waals surface area contributed by atoms with Crippen molar-refractivity contribution in [2.75, 3.05) is 26.2 Å². The molecule has 2 heterocycles. The van der Waals surface area contributed by atoms with Crippen LogP contribution < -0.4 is 11.5 Å². The van der Waals surface area contributed by atoms with Gasteiger partial charge in [0.05, 0.1) is 0 Å². The van der Waals surface area contributed by atoms with E-state index in [9.17, 15) is 4.79 Å². The summed E-state index contributed by atoms with van der Waals surface area (Å²) in [6.45, 7) is 2.99. The Bertz CT molecular complexity index is 220. The molecule has 2 atom stereocenters. The average molecular weight is 271 g/mol. The van der Waals surface area contributed by atoms with E-state index >= 15 is 0 Å². The van der Waals surface area contributed by atoms with E-state index in [-0.39, 0.29) is 42.9 Å². The predicted molar refractivity (Wildman–Crippen MR) is 68.2 cm³/mol. The molecule has 2 aliphatic rings. The van der Waals surface area contributed by atoms with Gasteiger partial charge in [-0.1, -0.05) is 0 Å². The van der Waals surface area contributed by atoms with Gasteiger partial charge in [-0.05, 0) is 12.8 Å². The second-order valence-electron chi connectivity index (χ2n) is 4.27. The molecular weight excluding hydrogens is 251 g/mol. The smallest absolute Gasteiger partial charge is 0.320 e. The zero-order valence-electron chi connectivity index (χ0n) is 9.17. The summed E-state index contributed by atoms with van der Waals surface area (Å²) in [5.74, 6) is 0. The van der Waals surface area contributed by atoms with Gasteiger partial charge in [-0.2, -0.15) is 0 Å². The molecule has 0 radical (unpaired) electrons. The SMILES string of the molecule is Cl.Cl.NC1CCN(C(=O)N2CCC(N)C2)C1. The Morgan fingerprint density at radius 1 is 0.938 bits per heavy atom. The summed E-state index contributed by atoms with van der Waals surface area (Å²) >= 11 is 0. The van der Waals surface area contributed by atoms with Crippen molar-refractivity contribution >= 4 is 30.8 Å². The Morgan fingerprint density at radius 3 is 1.56 bits per heavy atom. The van der Waals surface area contributed by atoms with Crippen LogP contribution >= 0.6 is 24.8 Å². The highest BCUT2D eigenvalue weighted by Crippen LogP contribution is 2.14. The monoisotopic (exact) mass is 270 g/mol. The minimum atomic E-state index is 0. The van der Waals surface area contributed by atoms with Crippen LogP contribution in [0.5, 0.6) is 0 Å². The van der Waals surface area contributed by atoms with E-state index in [0.29, 0.717) is 13.1 Å². The van der Waals surface area contributed by atoms with E-state index in [2.05, 4.69) is 0 Å². The molecule has 2 unspecified atom stereocenters. The summed E-state index contributed by atoms with van der Waals surface area (Å²) in [6, 6.07) is 0.441. The second-order valence-corrected chi connectivity index (χ2v) is 4.27. The van der Waals surface area contributed by atoms with Crippen molar-refractivity contribution in [2.24, 2.45) is 11.5 Å². The van der Waals surface area contributed by atoms with Crippen molar-refractivity contribution in [2.45, 2.75) is 24.9 Å². The molecule has 5 nitrogen and oxygen atoms in total. The lowest BCUT2D eigenvalue weighted by Crippen LogP contribution is -2.42. The number of amides is 2. The van der Waals surface area contributed by atoms with Crippen LogP contribution in [-0.4, -0.2) is 54.1 Å². The van der Waals surface area contributed by atoms with Crippen LogP contribution in [0.25, 0.3) is 0 Å². The van der Waals surface area contributed by atoms with Crippen molar-refractivity contribution < 1.29 is 4.79 Å². The Hall–Kier alpha value is -0.230. The van der Waals surface area contributed by atoms with Crippen LogP contribution in [0.1, 0.15) is 12.8 Å². The van der Waals surface area contributed by atoms with Crippen LogP contribution in [0, 0.1) is 0 Å². The van der Waals surface area contributed by atoms with Crippen molar-refractivity contribution in [3.05, 3.63) is 0 Å². The van der Waals surface area contributed by atoms with Gasteiger partial charge in [0.15, 0.2) is 0 Å². The normalized spacial score (nSPS) is 28.6. The number of rotatable bonds is 0. The minimum absolute atomic E-state index is 0. The largest absolute Gasteiger partial charge is 0.326 e. The Morgan fingerprint density at radius 2 is 1.31 bits per heavy atom. The van der Waals surface area contributed by atoms with Gasteiger partial charge in [0.2, 0.25) is 0 Å². The van der Waals surface area contributed by atoms with Crippen LogP contribution in [0.15, 0.2) is 0 Å². The first-order valence-corrected chi connectivity index (χ1v) is 5.22. The highest BCUT2D eigenvalue weighted by atomic mass is 35.5. The van der Waals surface area contributed by atoms with Crippen LogP contribution in [-0.2, 0) is 0 Å². The van der Waals surface area contributed by atoms with E-state index in [1.54, 1.807) is 0 Å². The van der Waals surface area contributed by atoms with E-state index in [1.165, 1.54) is 0 Å². The average Bonchev–Trinajstić information content (AvgIpc) is 2.73. The second kappa shape index (κ2) is 6.49. The first-order valence-electron chi connectivity index (χ1n) is 5.22. The van der Waals surface area contributed by atoms with E-state index < -0.39 is 0 Å². The molecule has 2 fully saturated rings. The van der Waals surface area contributed by atoms with Gasteiger partial charge >= 0.3 is 6.03 Å². The summed E-state index contributed by atoms with van der Waals surface area (Å²) in [6.07, 6.45) is 1.84. The molecule has 2 saturated heterocycles. The summed E-state index contributed by atoms with van der Waals surface area (Å²) in [4.78, 5) is 15.6. The summed E-state index contributed by atoms with van der Waals surface area (Å²) < 4.78 is 0. The zero-order chi connectivity index (χ0) is 10.1. The summed E-state index contributed by atoms with van der Waals surface area (Å²) in [7, 11) is 0. The van der Waals surface area contributed by atoms with Crippen molar-refractivity contribution in [1.82, 2.24) is 9.80 Å². The fraction of sp³-hybridized carbons (Fsp3) is 0.889. The number of hydrogen-bond acceptors (Lipinski definition) is 3. The molecule has 4 N–H and O–H groups in total. The molecule has 0 aliphatic carbocycles. The molecule has 2 aliphatic heterocycles. The van der Waals surface area contributed by atoms with E-state index in [0.717, 1.165) is 25.9 Å². The summed E-state index contributed by atoms with van der Waals surface area (Å²) in [5.41, 5.74) is 11.5. The van der Waals surface area contributed by atoms with Crippen LogP contribution in [0.3, 0.4) is 0 Å². The highest BCUT2D eigenvalue weighted by Gasteiger charge is 2.30. The zero-order valence-corrected chi connectivity index (χ0v) is 10.8. The fourth-order valence-corrected chi connectivity index (χ4v) is 2.12. The van der Waals surface area contributed by atoms with Crippen molar-refractivity contribution in [3.63, 3.8) is 0 Å². The fourth-order valence-electron chi connectivity index (χ4n) is 2.12. The maximum Gasteiger partial charge on any atom is 0.320 e. The third-order valence-electron chi connectivity index (χ3n) is 2.99. The maximum absolute atomic E-state index is 11.9. The van der Waals surface area contributed by atoms with Crippen LogP contribution in [0.2, 0.25) is 0 Å².